The minimum atomic E-state index is -0.244. The smallest absolute Gasteiger partial charge is 0.166 e. The monoisotopic (exact) mass is 224 g/mol. The molecule has 16 heavy (non-hydrogen) atoms. The highest BCUT2D eigenvalue weighted by molar-refractivity contribution is 5.96. The van der Waals surface area contributed by atoms with Gasteiger partial charge < -0.3 is 4.74 Å². The van der Waals surface area contributed by atoms with Gasteiger partial charge in [-0.25, -0.2) is 0 Å². The van der Waals surface area contributed by atoms with E-state index in [1.54, 1.807) is 18.0 Å². The molecule has 4 nitrogen and oxygen atoms in total. The van der Waals surface area contributed by atoms with Crippen LogP contribution in [0, 0.1) is 6.92 Å². The number of hydrogen-bond donors (Lipinski definition) is 0. The molecule has 0 radical (unpaired) electrons. The third-order valence-corrected chi connectivity index (χ3v) is 2.82. The van der Waals surface area contributed by atoms with E-state index < -0.39 is 0 Å². The molecule has 0 aliphatic rings. The van der Waals surface area contributed by atoms with Crippen LogP contribution in [-0.2, 0) is 11.8 Å². The van der Waals surface area contributed by atoms with Crippen LogP contribution in [0.2, 0.25) is 0 Å². The van der Waals surface area contributed by atoms with Crippen molar-refractivity contribution in [1.82, 2.24) is 9.78 Å². The Bertz CT molecular complexity index is 380. The lowest BCUT2D eigenvalue weighted by Crippen LogP contribution is -2.23. The summed E-state index contributed by atoms with van der Waals surface area (Å²) in [5, 5.41) is 4.16. The molecule has 0 aliphatic heterocycles. The number of ketones is 1. The number of aryl methyl sites for hydroxylation is 2. The Hall–Kier alpha value is -1.16. The molecular weight excluding hydrogens is 204 g/mol. The van der Waals surface area contributed by atoms with Gasteiger partial charge in [0.2, 0.25) is 0 Å². The summed E-state index contributed by atoms with van der Waals surface area (Å²) < 4.78 is 6.96. The number of Topliss-reactive ketones (excluding diaryl/α,β-unsaturated/α-hetero) is 1. The first-order valence-electron chi connectivity index (χ1n) is 5.44. The molecule has 0 bridgehead atoms. The maximum absolute atomic E-state index is 11.9. The van der Waals surface area contributed by atoms with Crippen molar-refractivity contribution in [2.24, 2.45) is 7.05 Å². The van der Waals surface area contributed by atoms with E-state index >= 15 is 0 Å². The molecular formula is C12H20N2O2. The lowest BCUT2D eigenvalue weighted by Gasteiger charge is -2.22. The van der Waals surface area contributed by atoms with Gasteiger partial charge in [-0.3, -0.25) is 9.48 Å². The van der Waals surface area contributed by atoms with E-state index in [4.69, 9.17) is 4.74 Å². The second-order valence-corrected chi connectivity index (χ2v) is 4.69. The van der Waals surface area contributed by atoms with Crippen molar-refractivity contribution in [1.29, 1.82) is 0 Å². The molecule has 0 amide bonds. The van der Waals surface area contributed by atoms with Gasteiger partial charge >= 0.3 is 0 Å². The normalized spacial score (nSPS) is 11.8. The van der Waals surface area contributed by atoms with Crippen molar-refractivity contribution in [2.75, 3.05) is 7.11 Å². The fourth-order valence-corrected chi connectivity index (χ4v) is 1.52. The predicted octanol–water partition coefficient (Wildman–Crippen LogP) is 2.12. The quantitative estimate of drug-likeness (QED) is 0.719. The first kappa shape index (κ1) is 12.9. The van der Waals surface area contributed by atoms with Crippen LogP contribution in [0.25, 0.3) is 0 Å². The number of aromatic nitrogens is 2. The Labute approximate surface area is 96.6 Å². The molecule has 0 spiro atoms. The van der Waals surface area contributed by atoms with E-state index in [1.807, 2.05) is 27.8 Å². The Kier molecular flexibility index (Phi) is 3.86. The van der Waals surface area contributed by atoms with Gasteiger partial charge in [0.15, 0.2) is 5.78 Å². The molecule has 0 saturated heterocycles. The predicted molar refractivity (Wildman–Crippen MR) is 62.6 cm³/mol. The number of hydrogen-bond acceptors (Lipinski definition) is 3. The van der Waals surface area contributed by atoms with E-state index in [0.717, 1.165) is 17.7 Å². The number of rotatable bonds is 5. The summed E-state index contributed by atoms with van der Waals surface area (Å²) in [6, 6.07) is 0. The molecule has 0 aromatic carbocycles. The van der Waals surface area contributed by atoms with E-state index in [1.165, 1.54) is 0 Å². The average Bonchev–Trinajstić information content (AvgIpc) is 2.54. The van der Waals surface area contributed by atoms with Crippen LogP contribution in [0.15, 0.2) is 6.20 Å². The van der Waals surface area contributed by atoms with Gasteiger partial charge in [0, 0.05) is 26.8 Å². The van der Waals surface area contributed by atoms with Crippen LogP contribution in [-0.4, -0.2) is 28.3 Å². The van der Waals surface area contributed by atoms with Crippen molar-refractivity contribution >= 4 is 5.78 Å². The van der Waals surface area contributed by atoms with Crippen molar-refractivity contribution in [2.45, 2.75) is 39.2 Å². The molecule has 1 heterocycles. The molecule has 1 aromatic rings. The maximum atomic E-state index is 11.9. The Morgan fingerprint density at radius 2 is 2.19 bits per heavy atom. The number of methoxy groups -OCH3 is 1. The number of carbonyl (C=O) groups is 1. The largest absolute Gasteiger partial charge is 0.379 e. The molecule has 4 heteroatoms. The molecule has 0 aliphatic carbocycles. The molecule has 1 rings (SSSR count). The third kappa shape index (κ3) is 3.17. The topological polar surface area (TPSA) is 44.1 Å². The highest BCUT2D eigenvalue weighted by Crippen LogP contribution is 2.18. The fourth-order valence-electron chi connectivity index (χ4n) is 1.52. The molecule has 0 atom stereocenters. The molecule has 0 saturated carbocycles. The van der Waals surface area contributed by atoms with Gasteiger partial charge in [-0.15, -0.1) is 0 Å². The van der Waals surface area contributed by atoms with Gasteiger partial charge in [-0.1, -0.05) is 0 Å². The fraction of sp³-hybridized carbons (Fsp3) is 0.667. The summed E-state index contributed by atoms with van der Waals surface area (Å²) in [4.78, 5) is 11.9. The summed E-state index contributed by atoms with van der Waals surface area (Å²) >= 11 is 0. The summed E-state index contributed by atoms with van der Waals surface area (Å²) in [6.45, 7) is 5.82. The summed E-state index contributed by atoms with van der Waals surface area (Å²) in [6.07, 6.45) is 2.99. The van der Waals surface area contributed by atoms with Crippen molar-refractivity contribution < 1.29 is 9.53 Å². The first-order chi connectivity index (χ1) is 7.35. The maximum Gasteiger partial charge on any atom is 0.166 e. The lowest BCUT2D eigenvalue weighted by molar-refractivity contribution is 0.0141. The molecule has 90 valence electrons. The second-order valence-electron chi connectivity index (χ2n) is 4.69. The minimum absolute atomic E-state index is 0.135. The van der Waals surface area contributed by atoms with E-state index in [2.05, 4.69) is 5.10 Å². The van der Waals surface area contributed by atoms with Crippen LogP contribution in [0.3, 0.4) is 0 Å². The van der Waals surface area contributed by atoms with Crippen molar-refractivity contribution in [3.63, 3.8) is 0 Å². The van der Waals surface area contributed by atoms with Crippen molar-refractivity contribution in [3.05, 3.63) is 17.5 Å². The highest BCUT2D eigenvalue weighted by atomic mass is 16.5. The number of ether oxygens (including phenoxy) is 1. The number of carbonyl (C=O) groups excluding carboxylic acids is 1. The van der Waals surface area contributed by atoms with Gasteiger partial charge in [0.1, 0.15) is 0 Å². The zero-order valence-corrected chi connectivity index (χ0v) is 10.7. The van der Waals surface area contributed by atoms with E-state index in [0.29, 0.717) is 6.42 Å². The summed E-state index contributed by atoms with van der Waals surface area (Å²) in [5.74, 6) is 0.135. The third-order valence-electron chi connectivity index (χ3n) is 2.82. The Morgan fingerprint density at radius 3 is 2.62 bits per heavy atom. The lowest BCUT2D eigenvalue weighted by atomic mass is 9.98. The van der Waals surface area contributed by atoms with Crippen LogP contribution in [0.4, 0.5) is 0 Å². The SMILES string of the molecule is COC(C)(C)CCC(=O)c1cn(C)nc1C. The van der Waals surface area contributed by atoms with Crippen molar-refractivity contribution in [3.8, 4) is 0 Å². The molecule has 1 aromatic heterocycles. The van der Waals surface area contributed by atoms with Crippen LogP contribution in [0.1, 0.15) is 42.7 Å². The zero-order valence-electron chi connectivity index (χ0n) is 10.7. The molecule has 0 N–H and O–H groups in total. The zero-order chi connectivity index (χ0) is 12.3. The minimum Gasteiger partial charge on any atom is -0.379 e. The second kappa shape index (κ2) is 4.78. The van der Waals surface area contributed by atoms with Crippen LogP contribution >= 0.6 is 0 Å². The molecule has 0 fully saturated rings. The van der Waals surface area contributed by atoms with Crippen LogP contribution < -0.4 is 0 Å². The molecule has 0 unspecified atom stereocenters. The summed E-state index contributed by atoms with van der Waals surface area (Å²) in [5.41, 5.74) is 1.27. The Balaban J connectivity index is 2.63. The van der Waals surface area contributed by atoms with Gasteiger partial charge in [0.05, 0.1) is 16.9 Å². The average molecular weight is 224 g/mol. The van der Waals surface area contributed by atoms with E-state index in [-0.39, 0.29) is 11.4 Å². The standard InChI is InChI=1S/C12H20N2O2/c1-9-10(8-14(4)13-9)11(15)6-7-12(2,3)16-5/h8H,6-7H2,1-5H3. The summed E-state index contributed by atoms with van der Waals surface area (Å²) in [7, 11) is 3.49. The Morgan fingerprint density at radius 1 is 1.56 bits per heavy atom. The number of nitrogens with zero attached hydrogens (tertiary/aromatic N) is 2. The van der Waals surface area contributed by atoms with Gasteiger partial charge in [-0.2, -0.15) is 5.10 Å². The first-order valence-corrected chi connectivity index (χ1v) is 5.44. The van der Waals surface area contributed by atoms with Gasteiger partial charge in [0.25, 0.3) is 0 Å². The highest BCUT2D eigenvalue weighted by Gasteiger charge is 2.20. The van der Waals surface area contributed by atoms with Crippen LogP contribution in [0.5, 0.6) is 0 Å². The van der Waals surface area contributed by atoms with Gasteiger partial charge in [-0.05, 0) is 27.2 Å². The van der Waals surface area contributed by atoms with E-state index in [9.17, 15) is 4.79 Å².